The number of carbonyl (C=O) groups excluding carboxylic acids is 1. The third-order valence-corrected chi connectivity index (χ3v) is 7.37. The number of carbonyl (C=O) groups is 1. The van der Waals surface area contributed by atoms with Crippen LogP contribution in [0.2, 0.25) is 0 Å². The number of ether oxygens (including phenoxy) is 1. The van der Waals surface area contributed by atoms with Crippen molar-refractivity contribution in [3.63, 3.8) is 0 Å². The summed E-state index contributed by atoms with van der Waals surface area (Å²) >= 11 is 8.83. The number of nitrogens with one attached hydrogen (secondary N) is 1. The highest BCUT2D eigenvalue weighted by atomic mass is 32.2. The Labute approximate surface area is 162 Å². The molecular weight excluding hydrogens is 370 g/mol. The molecule has 0 radical (unpaired) electrons. The molecule has 3 nitrogen and oxygen atoms in total. The van der Waals surface area contributed by atoms with Crippen LogP contribution in [-0.4, -0.2) is 23.0 Å². The molecule has 2 aliphatic rings. The van der Waals surface area contributed by atoms with E-state index < -0.39 is 0 Å². The number of anilines is 1. The van der Waals surface area contributed by atoms with Crippen molar-refractivity contribution in [3.05, 3.63) is 43.4 Å². The van der Waals surface area contributed by atoms with E-state index in [0.29, 0.717) is 11.5 Å². The van der Waals surface area contributed by atoms with Gasteiger partial charge >= 0.3 is 5.97 Å². The summed E-state index contributed by atoms with van der Waals surface area (Å²) in [6, 6.07) is 4.36. The third-order valence-electron chi connectivity index (χ3n) is 4.30. The fraction of sp³-hybridized carbons (Fsp3) is 0.368. The lowest BCUT2D eigenvalue weighted by Crippen LogP contribution is -2.43. The summed E-state index contributed by atoms with van der Waals surface area (Å²) in [5.41, 5.74) is 5.42. The quantitative estimate of drug-likeness (QED) is 0.412. The van der Waals surface area contributed by atoms with Gasteiger partial charge in [0.05, 0.1) is 16.4 Å². The van der Waals surface area contributed by atoms with Gasteiger partial charge in [0.2, 0.25) is 0 Å². The number of thiocarbonyl (C=S) groups is 1. The standard InChI is InChI=1S/C19H21NO2S3/c1-6-22-17(21)14-9-24-18(25-14)15-12-7-10(2)11(3)8-13(12)20-19(4,5)16(15)23/h7-9,20H,6H2,1-5H3/b18-15-. The van der Waals surface area contributed by atoms with E-state index in [2.05, 4.69) is 45.1 Å². The number of rotatable bonds is 2. The molecule has 132 valence electrons. The summed E-state index contributed by atoms with van der Waals surface area (Å²) in [6.07, 6.45) is 0. The first-order valence-electron chi connectivity index (χ1n) is 8.15. The van der Waals surface area contributed by atoms with Crippen molar-refractivity contribution < 1.29 is 9.53 Å². The fourth-order valence-corrected chi connectivity index (χ4v) is 5.45. The maximum atomic E-state index is 12.0. The lowest BCUT2D eigenvalue weighted by molar-refractivity contribution is -0.137. The van der Waals surface area contributed by atoms with E-state index in [1.807, 2.05) is 12.3 Å². The number of thioether (sulfide) groups is 2. The molecule has 0 spiro atoms. The van der Waals surface area contributed by atoms with Crippen molar-refractivity contribution in [2.45, 2.75) is 40.2 Å². The molecule has 3 rings (SSSR count). The number of aryl methyl sites for hydroxylation is 2. The maximum absolute atomic E-state index is 12.0. The van der Waals surface area contributed by atoms with Crippen molar-refractivity contribution in [3.8, 4) is 0 Å². The van der Waals surface area contributed by atoms with Crippen molar-refractivity contribution in [1.82, 2.24) is 0 Å². The first kappa shape index (κ1) is 18.5. The van der Waals surface area contributed by atoms with E-state index in [4.69, 9.17) is 17.0 Å². The first-order chi connectivity index (χ1) is 11.7. The van der Waals surface area contributed by atoms with E-state index in [1.165, 1.54) is 22.9 Å². The average molecular weight is 392 g/mol. The van der Waals surface area contributed by atoms with Gasteiger partial charge in [0.25, 0.3) is 0 Å². The Kier molecular flexibility index (Phi) is 5.06. The van der Waals surface area contributed by atoms with Gasteiger partial charge in [0.15, 0.2) is 0 Å². The Bertz CT molecular complexity index is 837. The monoisotopic (exact) mass is 391 g/mol. The molecule has 0 saturated heterocycles. The molecule has 2 heterocycles. The van der Waals surface area contributed by atoms with Crippen LogP contribution in [0.25, 0.3) is 5.57 Å². The molecule has 0 unspecified atom stereocenters. The zero-order valence-electron chi connectivity index (χ0n) is 15.0. The summed E-state index contributed by atoms with van der Waals surface area (Å²) in [6.45, 7) is 10.6. The predicted molar refractivity (Wildman–Crippen MR) is 113 cm³/mol. The van der Waals surface area contributed by atoms with Crippen LogP contribution >= 0.6 is 35.7 Å². The highest BCUT2D eigenvalue weighted by Gasteiger charge is 2.37. The highest BCUT2D eigenvalue weighted by Crippen LogP contribution is 2.51. The molecule has 1 aromatic carbocycles. The van der Waals surface area contributed by atoms with Gasteiger partial charge in [-0.2, -0.15) is 0 Å². The molecule has 0 fully saturated rings. The van der Waals surface area contributed by atoms with E-state index in [1.54, 1.807) is 11.8 Å². The van der Waals surface area contributed by atoms with Crippen molar-refractivity contribution in [2.24, 2.45) is 0 Å². The minimum absolute atomic E-state index is 0.268. The number of hydrogen-bond donors (Lipinski definition) is 1. The van der Waals surface area contributed by atoms with Crippen LogP contribution < -0.4 is 5.32 Å². The van der Waals surface area contributed by atoms with Crippen LogP contribution in [0.4, 0.5) is 5.69 Å². The van der Waals surface area contributed by atoms with E-state index in [9.17, 15) is 4.79 Å². The molecule has 6 heteroatoms. The summed E-state index contributed by atoms with van der Waals surface area (Å²) in [7, 11) is 0. The Morgan fingerprint density at radius 3 is 2.64 bits per heavy atom. The zero-order chi connectivity index (χ0) is 18.4. The minimum atomic E-state index is -0.319. The van der Waals surface area contributed by atoms with Crippen molar-refractivity contribution in [1.29, 1.82) is 0 Å². The molecular formula is C19H21NO2S3. The summed E-state index contributed by atoms with van der Waals surface area (Å²) in [4.78, 5) is 13.5. The largest absolute Gasteiger partial charge is 0.462 e. The molecule has 1 N–H and O–H groups in total. The van der Waals surface area contributed by atoms with Gasteiger partial charge in [-0.25, -0.2) is 4.79 Å². The molecule has 2 aliphatic heterocycles. The number of fused-ring (bicyclic) bond motifs is 1. The van der Waals surface area contributed by atoms with Crippen LogP contribution in [-0.2, 0) is 9.53 Å². The maximum Gasteiger partial charge on any atom is 0.345 e. The van der Waals surface area contributed by atoms with E-state index in [0.717, 1.165) is 25.9 Å². The van der Waals surface area contributed by atoms with Crippen LogP contribution in [0.5, 0.6) is 0 Å². The Hall–Kier alpha value is -1.24. The van der Waals surface area contributed by atoms with E-state index in [-0.39, 0.29) is 11.5 Å². The number of esters is 1. The Morgan fingerprint density at radius 2 is 1.96 bits per heavy atom. The smallest absolute Gasteiger partial charge is 0.345 e. The van der Waals surface area contributed by atoms with Gasteiger partial charge in [0, 0.05) is 21.7 Å². The topological polar surface area (TPSA) is 38.3 Å². The molecule has 0 amide bonds. The highest BCUT2D eigenvalue weighted by molar-refractivity contribution is 8.28. The molecule has 0 aliphatic carbocycles. The van der Waals surface area contributed by atoms with Gasteiger partial charge in [-0.3, -0.25) is 0 Å². The Balaban J connectivity index is 2.09. The lowest BCUT2D eigenvalue weighted by atomic mass is 9.84. The van der Waals surface area contributed by atoms with Crippen molar-refractivity contribution in [2.75, 3.05) is 11.9 Å². The van der Waals surface area contributed by atoms with Crippen molar-refractivity contribution >= 4 is 57.8 Å². The molecule has 0 atom stereocenters. The van der Waals surface area contributed by atoms with Crippen LogP contribution in [0.15, 0.2) is 26.7 Å². The third kappa shape index (κ3) is 3.39. The summed E-state index contributed by atoms with van der Waals surface area (Å²) in [5, 5.41) is 5.42. The molecule has 25 heavy (non-hydrogen) atoms. The van der Waals surface area contributed by atoms with Crippen LogP contribution in [0, 0.1) is 13.8 Å². The molecule has 0 aromatic heterocycles. The summed E-state index contributed by atoms with van der Waals surface area (Å²) < 4.78 is 6.17. The fourth-order valence-electron chi connectivity index (χ4n) is 2.81. The molecule has 0 saturated carbocycles. The molecule has 1 aromatic rings. The first-order valence-corrected chi connectivity index (χ1v) is 10.3. The number of hydrogen-bond acceptors (Lipinski definition) is 6. The normalized spacial score (nSPS) is 21.5. The van der Waals surface area contributed by atoms with Gasteiger partial charge in [-0.15, -0.1) is 0 Å². The van der Waals surface area contributed by atoms with Gasteiger partial charge < -0.3 is 10.1 Å². The van der Waals surface area contributed by atoms with E-state index >= 15 is 0 Å². The summed E-state index contributed by atoms with van der Waals surface area (Å²) in [5.74, 6) is -0.268. The van der Waals surface area contributed by atoms with Crippen LogP contribution in [0.3, 0.4) is 0 Å². The zero-order valence-corrected chi connectivity index (χ0v) is 17.4. The number of benzene rings is 1. The van der Waals surface area contributed by atoms with Crippen LogP contribution in [0.1, 0.15) is 37.5 Å². The average Bonchev–Trinajstić information content (AvgIpc) is 3.01. The van der Waals surface area contributed by atoms with Gasteiger partial charge in [-0.05, 0) is 63.3 Å². The lowest BCUT2D eigenvalue weighted by Gasteiger charge is -2.37. The second-order valence-electron chi connectivity index (χ2n) is 6.65. The molecule has 0 bridgehead atoms. The Morgan fingerprint density at radius 1 is 1.28 bits per heavy atom. The van der Waals surface area contributed by atoms with Gasteiger partial charge in [0.1, 0.15) is 4.91 Å². The second-order valence-corrected chi connectivity index (χ2v) is 9.24. The SMILES string of the molecule is CCOC(=O)C1=CS/C(=C2/C(=S)C(C)(C)Nc3cc(C)c(C)cc32)S1. The second kappa shape index (κ2) is 6.82. The minimum Gasteiger partial charge on any atom is -0.462 e. The predicted octanol–water partition coefficient (Wildman–Crippen LogP) is 5.43. The van der Waals surface area contributed by atoms with Gasteiger partial charge in [-0.1, -0.05) is 35.7 Å².